The standard InChI is InChI=1S/C24H34N2O2/c27-24-22(16-18-12-15-28-17-18)21-8-4-5-9-23(21)26(24)20-10-13-25(14-11-20)19-6-2-1-3-7-19/h4-5,8-9,18-20,22H,1-3,6-7,10-17H2. The summed E-state index contributed by atoms with van der Waals surface area (Å²) >= 11 is 0. The zero-order valence-electron chi connectivity index (χ0n) is 17.0. The largest absolute Gasteiger partial charge is 0.381 e. The summed E-state index contributed by atoms with van der Waals surface area (Å²) in [6.07, 6.45) is 11.3. The second-order valence-electron chi connectivity index (χ2n) is 9.34. The molecule has 0 radical (unpaired) electrons. The van der Waals surface area contributed by atoms with E-state index in [4.69, 9.17) is 4.74 Å². The Bertz CT molecular complexity index is 686. The highest BCUT2D eigenvalue weighted by Crippen LogP contribution is 2.44. The van der Waals surface area contributed by atoms with Gasteiger partial charge in [0, 0.05) is 44.1 Å². The van der Waals surface area contributed by atoms with Crippen LogP contribution in [-0.4, -0.2) is 49.2 Å². The Morgan fingerprint density at radius 1 is 0.929 bits per heavy atom. The summed E-state index contributed by atoms with van der Waals surface area (Å²) in [5, 5.41) is 0. The molecular formula is C24H34N2O2. The number of amides is 1. The average Bonchev–Trinajstić information content (AvgIpc) is 3.36. The van der Waals surface area contributed by atoms with Crippen LogP contribution in [0.3, 0.4) is 0 Å². The van der Waals surface area contributed by atoms with Crippen LogP contribution in [-0.2, 0) is 9.53 Å². The molecule has 2 atom stereocenters. The van der Waals surface area contributed by atoms with Gasteiger partial charge in [-0.15, -0.1) is 0 Å². The van der Waals surface area contributed by atoms with Crippen molar-refractivity contribution in [3.63, 3.8) is 0 Å². The van der Waals surface area contributed by atoms with Gasteiger partial charge in [-0.1, -0.05) is 37.5 Å². The molecule has 0 N–H and O–H groups in total. The van der Waals surface area contributed by atoms with Gasteiger partial charge in [0.25, 0.3) is 0 Å². The minimum absolute atomic E-state index is 0.0410. The Labute approximate surface area is 169 Å². The number of carbonyl (C=O) groups is 1. The van der Waals surface area contributed by atoms with E-state index in [0.29, 0.717) is 17.9 Å². The smallest absolute Gasteiger partial charge is 0.234 e. The SMILES string of the molecule is O=C1C(CC2CCOC2)c2ccccc2N1C1CCN(C2CCCCC2)CC1. The van der Waals surface area contributed by atoms with Gasteiger partial charge in [-0.3, -0.25) is 4.79 Å². The minimum Gasteiger partial charge on any atom is -0.381 e. The third-order valence-corrected chi connectivity index (χ3v) is 7.66. The first-order valence-corrected chi connectivity index (χ1v) is 11.5. The van der Waals surface area contributed by atoms with Gasteiger partial charge in [0.1, 0.15) is 0 Å². The van der Waals surface area contributed by atoms with Crippen molar-refractivity contribution in [3.05, 3.63) is 29.8 Å². The first-order valence-electron chi connectivity index (χ1n) is 11.5. The van der Waals surface area contributed by atoms with Crippen LogP contribution in [0, 0.1) is 5.92 Å². The van der Waals surface area contributed by atoms with Gasteiger partial charge >= 0.3 is 0 Å². The molecule has 4 nitrogen and oxygen atoms in total. The summed E-state index contributed by atoms with van der Waals surface area (Å²) in [4.78, 5) is 18.4. The highest BCUT2D eigenvalue weighted by molar-refractivity contribution is 6.05. The number of likely N-dealkylation sites (tertiary alicyclic amines) is 1. The Balaban J connectivity index is 1.29. The topological polar surface area (TPSA) is 32.8 Å². The van der Waals surface area contributed by atoms with E-state index in [1.807, 2.05) is 0 Å². The first-order chi connectivity index (χ1) is 13.8. The molecule has 0 aromatic heterocycles. The molecule has 3 fully saturated rings. The average molecular weight is 383 g/mol. The third-order valence-electron chi connectivity index (χ3n) is 7.66. The quantitative estimate of drug-likeness (QED) is 0.776. The maximum atomic E-state index is 13.5. The molecule has 0 spiro atoms. The molecule has 5 rings (SSSR count). The second kappa shape index (κ2) is 8.16. The number of para-hydroxylation sites is 1. The van der Waals surface area contributed by atoms with Gasteiger partial charge in [-0.2, -0.15) is 0 Å². The minimum atomic E-state index is 0.0410. The van der Waals surface area contributed by atoms with Gasteiger partial charge in [0.15, 0.2) is 0 Å². The molecule has 2 saturated heterocycles. The number of fused-ring (bicyclic) bond motifs is 1. The molecule has 4 aliphatic rings. The van der Waals surface area contributed by atoms with E-state index in [2.05, 4.69) is 34.1 Å². The van der Waals surface area contributed by atoms with Crippen molar-refractivity contribution >= 4 is 11.6 Å². The summed E-state index contributed by atoms with van der Waals surface area (Å²) in [6.45, 7) is 3.99. The zero-order valence-corrected chi connectivity index (χ0v) is 17.0. The van der Waals surface area contributed by atoms with E-state index in [0.717, 1.165) is 58.0 Å². The van der Waals surface area contributed by atoms with Crippen molar-refractivity contribution in [1.29, 1.82) is 0 Å². The van der Waals surface area contributed by atoms with Crippen LogP contribution in [0.2, 0.25) is 0 Å². The predicted octanol–water partition coefficient (Wildman–Crippen LogP) is 4.34. The summed E-state index contributed by atoms with van der Waals surface area (Å²) in [5.41, 5.74) is 2.45. The summed E-state index contributed by atoms with van der Waals surface area (Å²) in [7, 11) is 0. The van der Waals surface area contributed by atoms with Crippen LogP contribution in [0.25, 0.3) is 0 Å². The molecule has 1 amide bonds. The summed E-state index contributed by atoms with van der Waals surface area (Å²) < 4.78 is 5.57. The van der Waals surface area contributed by atoms with Crippen LogP contribution in [0.4, 0.5) is 5.69 Å². The monoisotopic (exact) mass is 382 g/mol. The van der Waals surface area contributed by atoms with Gasteiger partial charge in [0.05, 0.1) is 5.92 Å². The Morgan fingerprint density at radius 3 is 2.46 bits per heavy atom. The molecule has 1 saturated carbocycles. The highest BCUT2D eigenvalue weighted by Gasteiger charge is 2.42. The number of hydrogen-bond acceptors (Lipinski definition) is 3. The van der Waals surface area contributed by atoms with Gasteiger partial charge in [-0.25, -0.2) is 0 Å². The van der Waals surface area contributed by atoms with Crippen molar-refractivity contribution in [2.75, 3.05) is 31.2 Å². The van der Waals surface area contributed by atoms with Crippen molar-refractivity contribution < 1.29 is 9.53 Å². The molecule has 1 aromatic rings. The molecule has 4 heteroatoms. The number of carbonyl (C=O) groups excluding carboxylic acids is 1. The van der Waals surface area contributed by atoms with Crippen LogP contribution in [0.15, 0.2) is 24.3 Å². The van der Waals surface area contributed by atoms with Crippen LogP contribution in [0.1, 0.15) is 69.3 Å². The van der Waals surface area contributed by atoms with Crippen molar-refractivity contribution in [2.24, 2.45) is 5.92 Å². The number of hydrogen-bond donors (Lipinski definition) is 0. The number of piperidine rings is 1. The molecular weight excluding hydrogens is 348 g/mol. The van der Waals surface area contributed by atoms with Crippen LogP contribution >= 0.6 is 0 Å². The molecule has 3 aliphatic heterocycles. The lowest BCUT2D eigenvalue weighted by Gasteiger charge is -2.41. The Kier molecular flexibility index (Phi) is 5.43. The van der Waals surface area contributed by atoms with Gasteiger partial charge < -0.3 is 14.5 Å². The number of benzene rings is 1. The maximum absolute atomic E-state index is 13.5. The second-order valence-corrected chi connectivity index (χ2v) is 9.34. The fourth-order valence-electron chi connectivity index (χ4n) is 6.08. The van der Waals surface area contributed by atoms with E-state index in [-0.39, 0.29) is 5.92 Å². The zero-order chi connectivity index (χ0) is 18.9. The number of anilines is 1. The van der Waals surface area contributed by atoms with Crippen LogP contribution in [0.5, 0.6) is 0 Å². The number of nitrogens with zero attached hydrogens (tertiary/aromatic N) is 2. The normalized spacial score (nSPS) is 30.1. The molecule has 1 aromatic carbocycles. The van der Waals surface area contributed by atoms with Crippen molar-refractivity contribution in [2.45, 2.75) is 75.8 Å². The maximum Gasteiger partial charge on any atom is 0.234 e. The molecule has 3 heterocycles. The van der Waals surface area contributed by atoms with E-state index < -0.39 is 0 Å². The lowest BCUT2D eigenvalue weighted by atomic mass is 9.89. The molecule has 2 unspecified atom stereocenters. The fraction of sp³-hybridized carbons (Fsp3) is 0.708. The van der Waals surface area contributed by atoms with Gasteiger partial charge in [0.2, 0.25) is 5.91 Å². The van der Waals surface area contributed by atoms with E-state index in [9.17, 15) is 4.79 Å². The molecule has 0 bridgehead atoms. The lowest BCUT2D eigenvalue weighted by molar-refractivity contribution is -0.120. The van der Waals surface area contributed by atoms with Gasteiger partial charge in [-0.05, 0) is 56.1 Å². The Morgan fingerprint density at radius 2 is 1.71 bits per heavy atom. The summed E-state index contributed by atoms with van der Waals surface area (Å²) in [6, 6.07) is 9.72. The molecule has 152 valence electrons. The Hall–Kier alpha value is -1.39. The number of ether oxygens (including phenoxy) is 1. The third kappa shape index (κ3) is 3.50. The van der Waals surface area contributed by atoms with Crippen molar-refractivity contribution in [1.82, 2.24) is 4.90 Å². The molecule has 1 aliphatic carbocycles. The fourth-order valence-corrected chi connectivity index (χ4v) is 6.08. The van der Waals surface area contributed by atoms with Crippen LogP contribution < -0.4 is 4.90 Å². The lowest BCUT2D eigenvalue weighted by Crippen LogP contribution is -2.49. The summed E-state index contributed by atoms with van der Waals surface area (Å²) in [5.74, 6) is 0.929. The van der Waals surface area contributed by atoms with E-state index in [1.54, 1.807) is 0 Å². The predicted molar refractivity (Wildman–Crippen MR) is 112 cm³/mol. The van der Waals surface area contributed by atoms with E-state index >= 15 is 0 Å². The van der Waals surface area contributed by atoms with E-state index in [1.165, 1.54) is 43.4 Å². The molecule has 28 heavy (non-hydrogen) atoms. The highest BCUT2D eigenvalue weighted by atomic mass is 16.5. The van der Waals surface area contributed by atoms with Crippen molar-refractivity contribution in [3.8, 4) is 0 Å². The number of rotatable bonds is 4. The first kappa shape index (κ1) is 18.6.